The number of carbonyl (C=O) groups excluding carboxylic acids is 2. The Bertz CT molecular complexity index is 1010. The molecule has 1 aliphatic carbocycles. The van der Waals surface area contributed by atoms with Crippen molar-refractivity contribution in [2.75, 3.05) is 0 Å². The monoisotopic (exact) mass is 312 g/mol. The summed E-state index contributed by atoms with van der Waals surface area (Å²) in [5.41, 5.74) is 2.48. The predicted octanol–water partition coefficient (Wildman–Crippen LogP) is 3.29. The summed E-state index contributed by atoms with van der Waals surface area (Å²) in [6, 6.07) is 0. The molecule has 3 aromatic heterocycles. The molecule has 0 unspecified atom stereocenters. The van der Waals surface area contributed by atoms with Crippen molar-refractivity contribution in [2.45, 2.75) is 27.7 Å². The highest BCUT2D eigenvalue weighted by Crippen LogP contribution is 2.40. The highest BCUT2D eigenvalue weighted by Gasteiger charge is 2.39. The van der Waals surface area contributed by atoms with Crippen LogP contribution in [0.2, 0.25) is 0 Å². The summed E-state index contributed by atoms with van der Waals surface area (Å²) in [5, 5.41) is 0.738. The Hall–Kier alpha value is -2.34. The lowest BCUT2D eigenvalue weighted by molar-refractivity contribution is 0.0954. The van der Waals surface area contributed by atoms with Crippen LogP contribution in [-0.2, 0) is 0 Å². The lowest BCUT2D eigenvalue weighted by Gasteiger charge is -2.13. The van der Waals surface area contributed by atoms with Gasteiger partial charge in [0.1, 0.15) is 17.0 Å². The van der Waals surface area contributed by atoms with Gasteiger partial charge in [0.05, 0.1) is 17.0 Å². The molecule has 0 fully saturated rings. The first-order chi connectivity index (χ1) is 10.4. The zero-order chi connectivity index (χ0) is 15.8. The van der Waals surface area contributed by atoms with Crippen molar-refractivity contribution in [3.05, 3.63) is 43.9 Å². The fourth-order valence-electron chi connectivity index (χ4n) is 2.86. The van der Waals surface area contributed by atoms with Crippen molar-refractivity contribution in [3.63, 3.8) is 0 Å². The molecule has 0 atom stereocenters. The van der Waals surface area contributed by atoms with E-state index in [9.17, 15) is 9.59 Å². The molecular formula is C16H12N2O3S. The topological polar surface area (TPSA) is 73.1 Å². The first-order valence-corrected chi connectivity index (χ1v) is 7.69. The van der Waals surface area contributed by atoms with E-state index in [1.165, 1.54) is 0 Å². The van der Waals surface area contributed by atoms with Crippen LogP contribution < -0.4 is 0 Å². The average Bonchev–Trinajstić information content (AvgIpc) is 2.98. The summed E-state index contributed by atoms with van der Waals surface area (Å²) in [6.45, 7) is 7.39. The van der Waals surface area contributed by atoms with Crippen LogP contribution in [-0.4, -0.2) is 21.5 Å². The smallest absolute Gasteiger partial charge is 0.249 e. The zero-order valence-electron chi connectivity index (χ0n) is 12.5. The number of aromatic nitrogens is 2. The zero-order valence-corrected chi connectivity index (χ0v) is 13.3. The van der Waals surface area contributed by atoms with Gasteiger partial charge in [0.15, 0.2) is 5.76 Å². The molecular weight excluding hydrogens is 300 g/mol. The van der Waals surface area contributed by atoms with Crippen LogP contribution in [0.4, 0.5) is 0 Å². The Morgan fingerprint density at radius 2 is 1.45 bits per heavy atom. The average molecular weight is 312 g/mol. The Morgan fingerprint density at radius 1 is 0.864 bits per heavy atom. The first-order valence-electron chi connectivity index (χ1n) is 6.87. The van der Waals surface area contributed by atoms with Crippen LogP contribution in [0.15, 0.2) is 4.42 Å². The number of rotatable bonds is 0. The van der Waals surface area contributed by atoms with Crippen LogP contribution in [0.3, 0.4) is 0 Å². The molecule has 0 N–H and O–H groups in total. The number of thiophene rings is 1. The highest BCUT2D eigenvalue weighted by molar-refractivity contribution is 7.13. The minimum atomic E-state index is -0.361. The van der Waals surface area contributed by atoms with Crippen molar-refractivity contribution in [1.82, 2.24) is 9.97 Å². The number of aryl methyl sites for hydroxylation is 4. The maximum absolute atomic E-state index is 12.8. The van der Waals surface area contributed by atoms with Gasteiger partial charge in [0, 0.05) is 15.1 Å². The number of carbonyl (C=O) groups is 2. The summed E-state index contributed by atoms with van der Waals surface area (Å²) in [6.07, 6.45) is 0. The summed E-state index contributed by atoms with van der Waals surface area (Å²) in [7, 11) is 0. The molecule has 5 nitrogen and oxygen atoms in total. The largest absolute Gasteiger partial charge is 0.451 e. The van der Waals surface area contributed by atoms with Gasteiger partial charge in [0.2, 0.25) is 11.6 Å². The number of furan rings is 1. The molecule has 0 amide bonds. The van der Waals surface area contributed by atoms with Crippen molar-refractivity contribution in [3.8, 4) is 0 Å². The summed E-state index contributed by atoms with van der Waals surface area (Å²) in [4.78, 5) is 36.0. The van der Waals surface area contributed by atoms with Gasteiger partial charge in [-0.1, -0.05) is 0 Å². The maximum atomic E-state index is 12.8. The van der Waals surface area contributed by atoms with Crippen molar-refractivity contribution in [1.29, 1.82) is 0 Å². The number of ketones is 2. The van der Waals surface area contributed by atoms with E-state index in [0.717, 1.165) is 15.1 Å². The van der Waals surface area contributed by atoms with Gasteiger partial charge < -0.3 is 4.42 Å². The lowest BCUT2D eigenvalue weighted by Crippen LogP contribution is -2.23. The summed E-state index contributed by atoms with van der Waals surface area (Å²) in [5.74, 6) is -0.542. The van der Waals surface area contributed by atoms with Crippen LogP contribution in [0.1, 0.15) is 53.4 Å². The fraction of sp³-hybridized carbons (Fsp3) is 0.250. The van der Waals surface area contributed by atoms with E-state index in [2.05, 4.69) is 9.97 Å². The van der Waals surface area contributed by atoms with Crippen LogP contribution in [0.25, 0.3) is 11.0 Å². The molecule has 0 radical (unpaired) electrons. The molecule has 22 heavy (non-hydrogen) atoms. The molecule has 6 heteroatoms. The second kappa shape index (κ2) is 4.10. The van der Waals surface area contributed by atoms with Crippen molar-refractivity contribution >= 4 is 33.9 Å². The van der Waals surface area contributed by atoms with Gasteiger partial charge in [-0.2, -0.15) is 0 Å². The van der Waals surface area contributed by atoms with E-state index < -0.39 is 0 Å². The summed E-state index contributed by atoms with van der Waals surface area (Å²) >= 11 is 1.56. The van der Waals surface area contributed by atoms with E-state index in [1.54, 1.807) is 25.2 Å². The second-order valence-corrected chi connectivity index (χ2v) is 6.90. The molecule has 0 saturated heterocycles. The maximum Gasteiger partial charge on any atom is 0.249 e. The molecule has 1 aliphatic rings. The molecule has 0 aromatic carbocycles. The van der Waals surface area contributed by atoms with Gasteiger partial charge in [-0.15, -0.1) is 11.3 Å². The second-order valence-electron chi connectivity index (χ2n) is 5.47. The van der Waals surface area contributed by atoms with Crippen LogP contribution >= 0.6 is 11.3 Å². The highest BCUT2D eigenvalue weighted by atomic mass is 32.1. The SMILES string of the molecule is Cc1nc2c(nc1C)C(=O)c1c(oc3c(C)sc(C)c13)C2=O. The third-order valence-electron chi connectivity index (χ3n) is 4.06. The van der Waals surface area contributed by atoms with Gasteiger partial charge in [-0.3, -0.25) is 9.59 Å². The number of nitrogens with zero attached hydrogens (tertiary/aromatic N) is 2. The molecule has 110 valence electrons. The van der Waals surface area contributed by atoms with Gasteiger partial charge in [-0.05, 0) is 27.7 Å². The molecule has 3 aromatic rings. The standard InChI is InChI=1S/C16H12N2O3S/c1-5-6(2)18-12-11(17-5)13(19)10-9-7(3)22-8(4)15(9)21-16(10)14(12)20/h1-4H3. The minimum Gasteiger partial charge on any atom is -0.451 e. The van der Waals surface area contributed by atoms with Crippen molar-refractivity contribution < 1.29 is 14.0 Å². The van der Waals surface area contributed by atoms with Gasteiger partial charge >= 0.3 is 0 Å². The summed E-state index contributed by atoms with van der Waals surface area (Å²) < 4.78 is 5.72. The third-order valence-corrected chi connectivity index (χ3v) is 5.06. The first kappa shape index (κ1) is 13.3. The Balaban J connectivity index is 2.11. The van der Waals surface area contributed by atoms with Gasteiger partial charge in [0.25, 0.3) is 0 Å². The third kappa shape index (κ3) is 1.47. The van der Waals surface area contributed by atoms with E-state index in [4.69, 9.17) is 4.42 Å². The number of hydrogen-bond acceptors (Lipinski definition) is 6. The Labute approximate surface area is 130 Å². The molecule has 0 saturated carbocycles. The fourth-order valence-corrected chi connectivity index (χ4v) is 3.86. The van der Waals surface area contributed by atoms with Gasteiger partial charge in [-0.25, -0.2) is 9.97 Å². The van der Waals surface area contributed by atoms with E-state index in [0.29, 0.717) is 22.5 Å². The predicted molar refractivity (Wildman–Crippen MR) is 81.9 cm³/mol. The number of hydrogen-bond donors (Lipinski definition) is 0. The number of fused-ring (bicyclic) bond motifs is 4. The lowest BCUT2D eigenvalue weighted by atomic mass is 9.93. The molecule has 3 heterocycles. The Kier molecular flexibility index (Phi) is 2.49. The molecule has 4 rings (SSSR count). The van der Waals surface area contributed by atoms with Crippen LogP contribution in [0.5, 0.6) is 0 Å². The van der Waals surface area contributed by atoms with Crippen molar-refractivity contribution in [2.24, 2.45) is 0 Å². The molecule has 0 bridgehead atoms. The quantitative estimate of drug-likeness (QED) is 0.498. The van der Waals surface area contributed by atoms with Crippen LogP contribution in [0, 0.1) is 27.7 Å². The Morgan fingerprint density at radius 3 is 2.09 bits per heavy atom. The van der Waals surface area contributed by atoms with E-state index in [-0.39, 0.29) is 28.7 Å². The molecule has 0 aliphatic heterocycles. The normalized spacial score (nSPS) is 13.6. The molecule has 0 spiro atoms. The van der Waals surface area contributed by atoms with E-state index >= 15 is 0 Å². The van der Waals surface area contributed by atoms with E-state index in [1.807, 2.05) is 13.8 Å². The minimum absolute atomic E-state index is 0.0935.